The summed E-state index contributed by atoms with van der Waals surface area (Å²) in [4.78, 5) is -2.11. The minimum absolute atomic E-state index is 0.128. The molecule has 118 valence electrons. The molecule has 22 heavy (non-hydrogen) atoms. The van der Waals surface area contributed by atoms with Crippen molar-refractivity contribution in [3.05, 3.63) is 51.1 Å². The fourth-order valence-electron chi connectivity index (χ4n) is 1.53. The Morgan fingerprint density at radius 1 is 0.909 bits per heavy atom. The first-order valence-electron chi connectivity index (χ1n) is 5.39. The minimum Gasteiger partial charge on any atom is -0.451 e. The van der Waals surface area contributed by atoms with E-state index in [0.717, 1.165) is 3.57 Å². The first-order valence-corrected chi connectivity index (χ1v) is 7.91. The molecule has 0 aliphatic carbocycles. The van der Waals surface area contributed by atoms with Crippen molar-refractivity contribution in [2.45, 2.75) is 4.90 Å². The second kappa shape index (κ2) is 6.01. The van der Waals surface area contributed by atoms with Gasteiger partial charge in [0.2, 0.25) is 17.4 Å². The summed E-state index contributed by atoms with van der Waals surface area (Å²) in [6.45, 7) is 0. The van der Waals surface area contributed by atoms with Crippen molar-refractivity contribution in [2.75, 3.05) is 0 Å². The molecule has 0 aliphatic rings. The Morgan fingerprint density at radius 3 is 1.77 bits per heavy atom. The molecule has 10 heteroatoms. The van der Waals surface area contributed by atoms with Crippen molar-refractivity contribution in [1.82, 2.24) is 0 Å². The van der Waals surface area contributed by atoms with E-state index in [4.69, 9.17) is 9.29 Å². The summed E-state index contributed by atoms with van der Waals surface area (Å²) in [6, 6.07) is 5.58. The highest BCUT2D eigenvalue weighted by atomic mass is 127. The van der Waals surface area contributed by atoms with Gasteiger partial charge in [-0.1, -0.05) is 0 Å². The number of halogens is 5. The fraction of sp³-hybridized carbons (Fsp3) is 0. The summed E-state index contributed by atoms with van der Waals surface area (Å²) in [5, 5.41) is 0. The van der Waals surface area contributed by atoms with Gasteiger partial charge in [0.1, 0.15) is 5.75 Å². The predicted molar refractivity (Wildman–Crippen MR) is 75.3 cm³/mol. The fourth-order valence-corrected chi connectivity index (χ4v) is 2.52. The molecule has 0 saturated heterocycles. The van der Waals surface area contributed by atoms with Gasteiger partial charge in [-0.2, -0.15) is 17.2 Å². The summed E-state index contributed by atoms with van der Waals surface area (Å²) >= 11 is 1.95. The molecule has 0 radical (unpaired) electrons. The molecule has 0 unspecified atom stereocenters. The van der Waals surface area contributed by atoms with E-state index in [9.17, 15) is 26.0 Å². The van der Waals surface area contributed by atoms with Crippen LogP contribution in [0.15, 0.2) is 29.2 Å². The topological polar surface area (TPSA) is 63.6 Å². The van der Waals surface area contributed by atoms with Crippen LogP contribution in [-0.4, -0.2) is 13.0 Å². The molecule has 2 rings (SSSR count). The molecule has 0 bridgehead atoms. The summed E-state index contributed by atoms with van der Waals surface area (Å²) in [5.74, 6) is -10.3. The molecule has 0 saturated carbocycles. The Labute approximate surface area is 135 Å². The van der Waals surface area contributed by atoms with Gasteiger partial charge in [0, 0.05) is 3.57 Å². The molecule has 0 heterocycles. The quantitative estimate of drug-likeness (QED) is 0.335. The second-order valence-electron chi connectivity index (χ2n) is 3.95. The van der Waals surface area contributed by atoms with Crippen LogP contribution in [0, 0.1) is 26.8 Å². The Morgan fingerprint density at radius 2 is 1.36 bits per heavy atom. The van der Waals surface area contributed by atoms with E-state index in [1.54, 1.807) is 0 Å². The van der Waals surface area contributed by atoms with Gasteiger partial charge >= 0.3 is 10.1 Å². The largest absolute Gasteiger partial charge is 0.451 e. The molecular weight excluding hydrogens is 443 g/mol. The lowest BCUT2D eigenvalue weighted by Gasteiger charge is -2.11. The molecule has 0 aromatic heterocycles. The summed E-state index contributed by atoms with van der Waals surface area (Å²) in [5.41, 5.74) is 0. The molecule has 0 aliphatic heterocycles. The summed E-state index contributed by atoms with van der Waals surface area (Å²) in [6.07, 6.45) is 0. The van der Waals surface area contributed by atoms with Crippen molar-refractivity contribution in [3.8, 4) is 11.5 Å². The van der Waals surface area contributed by atoms with E-state index in [1.807, 2.05) is 22.6 Å². The van der Waals surface area contributed by atoms with Crippen molar-refractivity contribution in [3.63, 3.8) is 0 Å². The summed E-state index contributed by atoms with van der Waals surface area (Å²) in [7, 11) is -5.49. The van der Waals surface area contributed by atoms with Crippen LogP contribution in [-0.2, 0) is 10.1 Å². The third kappa shape index (κ3) is 3.17. The van der Waals surface area contributed by atoms with Crippen LogP contribution < -0.4 is 4.74 Å². The van der Waals surface area contributed by atoms with Gasteiger partial charge in [-0.05, 0) is 46.9 Å². The first-order chi connectivity index (χ1) is 10.1. The lowest BCUT2D eigenvalue weighted by Crippen LogP contribution is -2.11. The lowest BCUT2D eigenvalue weighted by molar-refractivity contribution is 0.346. The Kier molecular flexibility index (Phi) is 4.63. The zero-order valence-corrected chi connectivity index (χ0v) is 13.3. The zero-order chi connectivity index (χ0) is 16.7. The van der Waals surface area contributed by atoms with Crippen LogP contribution in [0.5, 0.6) is 11.5 Å². The van der Waals surface area contributed by atoms with E-state index < -0.39 is 44.0 Å². The second-order valence-corrected chi connectivity index (χ2v) is 6.55. The molecule has 0 amide bonds. The third-order valence-corrected chi connectivity index (χ3v) is 4.07. The standard InChI is InChI=1S/C12H5F4IO4S/c13-7-9(15)12(22(18,19)20)10(16)8(14)11(7)21-6-3-1-5(17)2-4-6/h1-4H,(H,18,19,20). The monoisotopic (exact) mass is 448 g/mol. The van der Waals surface area contributed by atoms with Crippen molar-refractivity contribution in [1.29, 1.82) is 0 Å². The Balaban J connectivity index is 2.61. The van der Waals surface area contributed by atoms with Crippen molar-refractivity contribution < 1.29 is 35.3 Å². The van der Waals surface area contributed by atoms with E-state index in [1.165, 1.54) is 24.3 Å². The average Bonchev–Trinajstić information content (AvgIpc) is 2.42. The highest BCUT2D eigenvalue weighted by Crippen LogP contribution is 2.35. The normalized spacial score (nSPS) is 11.5. The molecule has 4 nitrogen and oxygen atoms in total. The number of hydrogen-bond donors (Lipinski definition) is 1. The molecule has 0 spiro atoms. The predicted octanol–water partition coefficient (Wildman–Crippen LogP) is 3.89. The Bertz CT molecular complexity index is 808. The van der Waals surface area contributed by atoms with E-state index in [-0.39, 0.29) is 5.75 Å². The van der Waals surface area contributed by atoms with Crippen LogP contribution in [0.1, 0.15) is 0 Å². The zero-order valence-electron chi connectivity index (χ0n) is 10.3. The smallest absolute Gasteiger partial charge is 0.300 e. The van der Waals surface area contributed by atoms with Gasteiger partial charge < -0.3 is 4.74 Å². The molecular formula is C12H5F4IO4S. The number of benzene rings is 2. The molecule has 0 atom stereocenters. The number of ether oxygens (including phenoxy) is 1. The Hall–Kier alpha value is -1.40. The maximum Gasteiger partial charge on any atom is 0.300 e. The van der Waals surface area contributed by atoms with Crippen LogP contribution in [0.4, 0.5) is 17.6 Å². The van der Waals surface area contributed by atoms with Crippen molar-refractivity contribution >= 4 is 32.7 Å². The molecule has 2 aromatic rings. The van der Waals surface area contributed by atoms with Crippen LogP contribution in [0.3, 0.4) is 0 Å². The number of hydrogen-bond acceptors (Lipinski definition) is 3. The minimum atomic E-state index is -5.49. The summed E-state index contributed by atoms with van der Waals surface area (Å²) < 4.78 is 90.2. The lowest BCUT2D eigenvalue weighted by atomic mass is 10.2. The number of rotatable bonds is 3. The molecule has 2 aromatic carbocycles. The molecule has 1 N–H and O–H groups in total. The van der Waals surface area contributed by atoms with Gasteiger partial charge in [-0.3, -0.25) is 4.55 Å². The third-order valence-electron chi connectivity index (χ3n) is 2.47. The maximum absolute atomic E-state index is 13.7. The van der Waals surface area contributed by atoms with Gasteiger partial charge in [-0.15, -0.1) is 0 Å². The van der Waals surface area contributed by atoms with Gasteiger partial charge in [0.05, 0.1) is 0 Å². The van der Waals surface area contributed by atoms with Crippen molar-refractivity contribution in [2.24, 2.45) is 0 Å². The van der Waals surface area contributed by atoms with E-state index in [2.05, 4.69) is 0 Å². The molecule has 0 fully saturated rings. The average molecular weight is 448 g/mol. The van der Waals surface area contributed by atoms with E-state index in [0.29, 0.717) is 0 Å². The van der Waals surface area contributed by atoms with E-state index >= 15 is 0 Å². The van der Waals surface area contributed by atoms with Gasteiger partial charge in [-0.25, -0.2) is 8.78 Å². The van der Waals surface area contributed by atoms with Crippen LogP contribution in [0.2, 0.25) is 0 Å². The van der Waals surface area contributed by atoms with Crippen LogP contribution >= 0.6 is 22.6 Å². The first kappa shape index (κ1) is 17.0. The van der Waals surface area contributed by atoms with Gasteiger partial charge in [0.15, 0.2) is 16.5 Å². The SMILES string of the molecule is O=S(=O)(O)c1c(F)c(F)c(Oc2ccc(I)cc2)c(F)c1F. The highest BCUT2D eigenvalue weighted by molar-refractivity contribution is 14.1. The van der Waals surface area contributed by atoms with Gasteiger partial charge in [0.25, 0.3) is 0 Å². The highest BCUT2D eigenvalue weighted by Gasteiger charge is 2.33. The van der Waals surface area contributed by atoms with Crippen LogP contribution in [0.25, 0.3) is 0 Å². The maximum atomic E-state index is 13.7.